The number of anilines is 1. The van der Waals surface area contributed by atoms with Crippen molar-refractivity contribution in [2.75, 3.05) is 36.8 Å². The molecule has 1 fully saturated rings. The van der Waals surface area contributed by atoms with E-state index in [1.165, 1.54) is 0 Å². The maximum absolute atomic E-state index is 12.4. The van der Waals surface area contributed by atoms with E-state index in [0.717, 1.165) is 16.3 Å². The molecule has 134 valence electrons. The van der Waals surface area contributed by atoms with Crippen LogP contribution < -0.4 is 4.90 Å². The van der Waals surface area contributed by atoms with Crippen LogP contribution >= 0.6 is 23.4 Å². The average Bonchev–Trinajstić information content (AvgIpc) is 2.68. The van der Waals surface area contributed by atoms with Crippen molar-refractivity contribution in [2.45, 2.75) is 5.75 Å². The van der Waals surface area contributed by atoms with E-state index < -0.39 is 0 Å². The smallest absolute Gasteiger partial charge is 0.232 e. The summed E-state index contributed by atoms with van der Waals surface area (Å²) in [6.07, 6.45) is 1.69. The van der Waals surface area contributed by atoms with Gasteiger partial charge < -0.3 is 9.80 Å². The van der Waals surface area contributed by atoms with E-state index in [9.17, 15) is 10.1 Å². The molecule has 2 heterocycles. The molecule has 1 saturated heterocycles. The van der Waals surface area contributed by atoms with E-state index >= 15 is 0 Å². The van der Waals surface area contributed by atoms with Crippen LogP contribution in [0, 0.1) is 11.3 Å². The quantitative estimate of drug-likeness (QED) is 0.789. The predicted octanol–water partition coefficient (Wildman–Crippen LogP) is 3.19. The van der Waals surface area contributed by atoms with Crippen molar-refractivity contribution in [1.29, 1.82) is 5.26 Å². The van der Waals surface area contributed by atoms with Gasteiger partial charge in [0.2, 0.25) is 5.91 Å². The Kier molecular flexibility index (Phi) is 6.37. The van der Waals surface area contributed by atoms with Crippen LogP contribution in [0.2, 0.25) is 5.02 Å². The van der Waals surface area contributed by atoms with E-state index in [0.29, 0.717) is 43.3 Å². The van der Waals surface area contributed by atoms with Crippen LogP contribution in [0.25, 0.3) is 0 Å². The second kappa shape index (κ2) is 8.93. The highest BCUT2D eigenvalue weighted by atomic mass is 35.5. The van der Waals surface area contributed by atoms with Crippen LogP contribution in [-0.4, -0.2) is 47.7 Å². The third-order valence-corrected chi connectivity index (χ3v) is 5.45. The third kappa shape index (κ3) is 4.69. The number of thioether (sulfide) groups is 1. The topological polar surface area (TPSA) is 60.2 Å². The molecule has 26 heavy (non-hydrogen) atoms. The lowest BCUT2D eigenvalue weighted by molar-refractivity contribution is -0.128. The summed E-state index contributed by atoms with van der Waals surface area (Å²) in [5.41, 5.74) is 1.70. The standard InChI is InChI=1S/C19H19ClN4OS/c20-17-5-1-3-15(11-17)13-26-14-18(25)23-7-9-24(10-8-23)19-16(12-21)4-2-6-22-19/h1-6,11H,7-10,13-14H2. The molecule has 3 rings (SSSR count). The van der Waals surface area contributed by atoms with Crippen LogP contribution in [0.1, 0.15) is 11.1 Å². The van der Waals surface area contributed by atoms with Gasteiger partial charge in [-0.25, -0.2) is 4.98 Å². The number of pyridine rings is 1. The van der Waals surface area contributed by atoms with Crippen LogP contribution in [0.5, 0.6) is 0 Å². The molecule has 1 aliphatic rings. The molecule has 1 aliphatic heterocycles. The number of benzene rings is 1. The summed E-state index contributed by atoms with van der Waals surface area (Å²) < 4.78 is 0. The molecular weight excluding hydrogens is 368 g/mol. The van der Waals surface area contributed by atoms with Gasteiger partial charge >= 0.3 is 0 Å². The van der Waals surface area contributed by atoms with Gasteiger partial charge in [0, 0.05) is 43.2 Å². The Morgan fingerprint density at radius 2 is 2.04 bits per heavy atom. The summed E-state index contributed by atoms with van der Waals surface area (Å²) in [4.78, 5) is 20.7. The molecule has 5 nitrogen and oxygen atoms in total. The Hall–Kier alpha value is -2.23. The van der Waals surface area contributed by atoms with Crippen LogP contribution in [0.15, 0.2) is 42.6 Å². The first kappa shape index (κ1) is 18.6. The number of amides is 1. The molecule has 0 unspecified atom stereocenters. The molecule has 0 spiro atoms. The Bertz CT molecular complexity index is 815. The van der Waals surface area contributed by atoms with Crippen molar-refractivity contribution in [3.8, 4) is 6.07 Å². The van der Waals surface area contributed by atoms with E-state index in [-0.39, 0.29) is 5.91 Å². The first-order valence-corrected chi connectivity index (χ1v) is 9.90. The van der Waals surface area contributed by atoms with Crippen LogP contribution in [0.4, 0.5) is 5.82 Å². The molecule has 1 aromatic carbocycles. The number of hydrogen-bond donors (Lipinski definition) is 0. The van der Waals surface area contributed by atoms with Crippen molar-refractivity contribution < 1.29 is 4.79 Å². The fraction of sp³-hybridized carbons (Fsp3) is 0.316. The lowest BCUT2D eigenvalue weighted by Crippen LogP contribution is -2.49. The normalized spacial score (nSPS) is 14.2. The molecule has 1 aromatic heterocycles. The number of nitriles is 1. The highest BCUT2D eigenvalue weighted by Gasteiger charge is 2.23. The summed E-state index contributed by atoms with van der Waals surface area (Å²) in [5.74, 6) is 2.08. The molecule has 0 aliphatic carbocycles. The lowest BCUT2D eigenvalue weighted by Gasteiger charge is -2.35. The number of aromatic nitrogens is 1. The van der Waals surface area contributed by atoms with Crippen LogP contribution in [-0.2, 0) is 10.5 Å². The van der Waals surface area contributed by atoms with Crippen LogP contribution in [0.3, 0.4) is 0 Å². The van der Waals surface area contributed by atoms with Gasteiger partial charge in [0.05, 0.1) is 11.3 Å². The average molecular weight is 387 g/mol. The Labute approximate surface area is 162 Å². The van der Waals surface area contributed by atoms with Gasteiger partial charge in [0.25, 0.3) is 0 Å². The summed E-state index contributed by atoms with van der Waals surface area (Å²) >= 11 is 7.58. The number of carbonyl (C=O) groups excluding carboxylic acids is 1. The van der Waals surface area contributed by atoms with E-state index in [1.54, 1.807) is 30.1 Å². The van der Waals surface area contributed by atoms with Crippen molar-refractivity contribution in [2.24, 2.45) is 0 Å². The molecule has 0 bridgehead atoms. The number of carbonyl (C=O) groups is 1. The zero-order valence-corrected chi connectivity index (χ0v) is 15.8. The lowest BCUT2D eigenvalue weighted by atomic mass is 10.2. The molecule has 7 heteroatoms. The molecule has 0 atom stereocenters. The first-order chi connectivity index (χ1) is 12.7. The maximum atomic E-state index is 12.4. The molecular formula is C19H19ClN4OS. The SMILES string of the molecule is N#Cc1cccnc1N1CCN(C(=O)CSCc2cccc(Cl)c2)CC1. The summed E-state index contributed by atoms with van der Waals surface area (Å²) in [5, 5.41) is 9.92. The van der Waals surface area contributed by atoms with E-state index in [1.807, 2.05) is 29.2 Å². The summed E-state index contributed by atoms with van der Waals surface area (Å²) in [7, 11) is 0. The molecule has 0 N–H and O–H groups in total. The van der Waals surface area contributed by atoms with Gasteiger partial charge in [-0.1, -0.05) is 23.7 Å². The highest BCUT2D eigenvalue weighted by molar-refractivity contribution is 7.99. The zero-order valence-electron chi connectivity index (χ0n) is 14.3. The number of nitrogens with zero attached hydrogens (tertiary/aromatic N) is 4. The minimum Gasteiger partial charge on any atom is -0.352 e. The van der Waals surface area contributed by atoms with Gasteiger partial charge in [-0.15, -0.1) is 11.8 Å². The zero-order chi connectivity index (χ0) is 18.4. The fourth-order valence-electron chi connectivity index (χ4n) is 2.88. The van der Waals surface area contributed by atoms with Gasteiger partial charge in [-0.3, -0.25) is 4.79 Å². The van der Waals surface area contributed by atoms with Crippen molar-refractivity contribution in [3.05, 3.63) is 58.7 Å². The van der Waals surface area contributed by atoms with Crippen molar-refractivity contribution >= 4 is 35.1 Å². The maximum Gasteiger partial charge on any atom is 0.232 e. The minimum atomic E-state index is 0.151. The monoisotopic (exact) mass is 386 g/mol. The predicted molar refractivity (Wildman–Crippen MR) is 105 cm³/mol. The van der Waals surface area contributed by atoms with Crippen molar-refractivity contribution in [1.82, 2.24) is 9.88 Å². The third-order valence-electron chi connectivity index (χ3n) is 4.22. The Morgan fingerprint density at radius 3 is 2.77 bits per heavy atom. The second-order valence-electron chi connectivity index (χ2n) is 5.98. The molecule has 2 aromatic rings. The minimum absolute atomic E-state index is 0.151. The van der Waals surface area contributed by atoms with Gasteiger partial charge in [0.15, 0.2) is 0 Å². The first-order valence-electron chi connectivity index (χ1n) is 8.37. The molecule has 1 amide bonds. The van der Waals surface area contributed by atoms with Gasteiger partial charge in [-0.05, 0) is 29.8 Å². The number of hydrogen-bond acceptors (Lipinski definition) is 5. The molecule has 0 saturated carbocycles. The van der Waals surface area contributed by atoms with E-state index in [4.69, 9.17) is 11.6 Å². The van der Waals surface area contributed by atoms with Gasteiger partial charge in [0.1, 0.15) is 11.9 Å². The Morgan fingerprint density at radius 1 is 1.23 bits per heavy atom. The summed E-state index contributed by atoms with van der Waals surface area (Å²) in [6, 6.07) is 13.4. The fourth-order valence-corrected chi connectivity index (χ4v) is 3.97. The summed E-state index contributed by atoms with van der Waals surface area (Å²) in [6.45, 7) is 2.68. The molecule has 0 radical (unpaired) electrons. The largest absolute Gasteiger partial charge is 0.352 e. The Balaban J connectivity index is 1.47. The second-order valence-corrected chi connectivity index (χ2v) is 7.40. The number of rotatable bonds is 5. The van der Waals surface area contributed by atoms with Crippen molar-refractivity contribution in [3.63, 3.8) is 0 Å². The number of piperazine rings is 1. The van der Waals surface area contributed by atoms with Gasteiger partial charge in [-0.2, -0.15) is 5.26 Å². The number of halogens is 1. The van der Waals surface area contributed by atoms with E-state index in [2.05, 4.69) is 16.0 Å². The highest BCUT2D eigenvalue weighted by Crippen LogP contribution is 2.20.